The molecule has 0 unspecified atom stereocenters. The molecule has 5 aliphatic rings. The highest BCUT2D eigenvalue weighted by Gasteiger charge is 2.61. The quantitative estimate of drug-likeness (QED) is 0.427. The molecule has 6 heteroatoms. The van der Waals surface area contributed by atoms with Crippen molar-refractivity contribution in [2.45, 2.75) is 38.1 Å². The Kier molecular flexibility index (Phi) is 6.76. The summed E-state index contributed by atoms with van der Waals surface area (Å²) in [5.74, 6) is 1.28. The van der Waals surface area contributed by atoms with Gasteiger partial charge in [-0.25, -0.2) is 0 Å². The van der Waals surface area contributed by atoms with Crippen molar-refractivity contribution in [2.75, 3.05) is 53.5 Å². The number of hydrogen-bond donors (Lipinski definition) is 0. The van der Waals surface area contributed by atoms with Crippen molar-refractivity contribution >= 4 is 11.5 Å². The van der Waals surface area contributed by atoms with E-state index in [0.29, 0.717) is 17.1 Å². The second-order valence-corrected chi connectivity index (χ2v) is 10.9. The first-order chi connectivity index (χ1) is 19.1. The summed E-state index contributed by atoms with van der Waals surface area (Å²) in [6, 6.07) is 3.89. The first-order valence-corrected chi connectivity index (χ1v) is 14.3. The minimum Gasteiger partial charge on any atom is -0.496 e. The molecule has 2 heterocycles. The predicted octanol–water partition coefficient (Wildman–Crippen LogP) is 5.37. The number of allylic oxidation sites excluding steroid dienone is 4. The average Bonchev–Trinajstić information content (AvgIpc) is 3.55. The van der Waals surface area contributed by atoms with Crippen molar-refractivity contribution < 1.29 is 14.3 Å². The maximum absolute atomic E-state index is 13.7. The third kappa shape index (κ3) is 3.99. The summed E-state index contributed by atoms with van der Waals surface area (Å²) in [6.07, 6.45) is 17.6. The van der Waals surface area contributed by atoms with Gasteiger partial charge in [0.2, 0.25) is 0 Å². The Morgan fingerprint density at radius 2 is 1.79 bits per heavy atom. The lowest BCUT2D eigenvalue weighted by atomic mass is 9.81. The number of nitrogens with zero attached hydrogens (tertiary/aromatic N) is 3. The number of methoxy groups -OCH3 is 2. The van der Waals surface area contributed by atoms with Gasteiger partial charge in [-0.3, -0.25) is 4.79 Å². The molecule has 0 N–H and O–H groups in total. The fourth-order valence-corrected chi connectivity index (χ4v) is 6.78. The SMILES string of the molecule is C=CCCN1C=C(c2cc(OC)c(C(=O)N3CCN(CC)CC3)cc2OC)C2=C(CCCC=C2)C12C1=C2C=C1. The predicted molar refractivity (Wildman–Crippen MR) is 156 cm³/mol. The Morgan fingerprint density at radius 3 is 2.44 bits per heavy atom. The Labute approximate surface area is 232 Å². The van der Waals surface area contributed by atoms with Crippen LogP contribution in [0.4, 0.5) is 0 Å². The van der Waals surface area contributed by atoms with Crippen LogP contribution in [0, 0.1) is 0 Å². The number of carbonyl (C=O) groups excluding carboxylic acids is 1. The number of piperazine rings is 1. The lowest BCUT2D eigenvalue weighted by molar-refractivity contribution is 0.0640. The maximum atomic E-state index is 13.7. The van der Waals surface area contributed by atoms with Crippen LogP contribution in [0.1, 0.15) is 48.5 Å². The second kappa shape index (κ2) is 10.2. The van der Waals surface area contributed by atoms with Gasteiger partial charge in [0.05, 0.1) is 19.8 Å². The molecule has 0 bridgehead atoms. The maximum Gasteiger partial charge on any atom is 0.257 e. The molecule has 1 amide bonds. The van der Waals surface area contributed by atoms with E-state index in [1.807, 2.05) is 23.1 Å². The molecule has 39 heavy (non-hydrogen) atoms. The Morgan fingerprint density at radius 1 is 1.05 bits per heavy atom. The summed E-state index contributed by atoms with van der Waals surface area (Å²) in [7, 11) is 3.34. The zero-order chi connectivity index (χ0) is 27.1. The van der Waals surface area contributed by atoms with Crippen LogP contribution in [0.15, 0.2) is 77.6 Å². The lowest BCUT2D eigenvalue weighted by Crippen LogP contribution is -2.48. The molecule has 0 aromatic heterocycles. The number of hydrogen-bond acceptors (Lipinski definition) is 5. The van der Waals surface area contributed by atoms with E-state index in [-0.39, 0.29) is 11.4 Å². The largest absolute Gasteiger partial charge is 0.496 e. The van der Waals surface area contributed by atoms with Crippen LogP contribution in [0.2, 0.25) is 0 Å². The van der Waals surface area contributed by atoms with Gasteiger partial charge in [-0.15, -0.1) is 6.58 Å². The van der Waals surface area contributed by atoms with Crippen molar-refractivity contribution in [1.29, 1.82) is 0 Å². The number of rotatable bonds is 8. The topological polar surface area (TPSA) is 45.2 Å². The first-order valence-electron chi connectivity index (χ1n) is 14.3. The molecule has 2 aliphatic heterocycles. The molecule has 6 rings (SSSR count). The normalized spacial score (nSPS) is 21.3. The molecule has 0 radical (unpaired) electrons. The zero-order valence-electron chi connectivity index (χ0n) is 23.5. The molecule has 1 aromatic rings. The molecule has 0 saturated carbocycles. The van der Waals surface area contributed by atoms with Gasteiger partial charge in [0.15, 0.2) is 0 Å². The molecule has 0 atom stereocenters. The van der Waals surface area contributed by atoms with Crippen LogP contribution in [0.3, 0.4) is 0 Å². The van der Waals surface area contributed by atoms with Gasteiger partial charge in [-0.05, 0) is 66.7 Å². The Hall–Kier alpha value is -3.51. The third-order valence-corrected chi connectivity index (χ3v) is 9.00. The van der Waals surface area contributed by atoms with Crippen LogP contribution in [0.25, 0.3) is 5.57 Å². The van der Waals surface area contributed by atoms with E-state index in [9.17, 15) is 4.79 Å². The summed E-state index contributed by atoms with van der Waals surface area (Å²) in [5, 5.41) is 0. The van der Waals surface area contributed by atoms with E-state index in [2.05, 4.69) is 53.8 Å². The lowest BCUT2D eigenvalue weighted by Gasteiger charge is -2.40. The minimum atomic E-state index is -0.0929. The fourth-order valence-electron chi connectivity index (χ4n) is 6.78. The van der Waals surface area contributed by atoms with Crippen LogP contribution < -0.4 is 9.47 Å². The standard InChI is InChI=1S/C33H39N3O3/c1-5-7-15-36-22-26(23-11-9-8-10-12-27(23)33(36)28-13-14-29(28)33)24-20-31(39-4)25(21-30(24)38-3)32(37)35-18-16-34(6-2)17-19-35/h5,9,11,13-14,20-22H,1,6-8,10,12,15-19H2,2-4H3. The van der Waals surface area contributed by atoms with Gasteiger partial charge in [0.25, 0.3) is 5.91 Å². The monoisotopic (exact) mass is 525 g/mol. The van der Waals surface area contributed by atoms with Crippen molar-refractivity contribution in [3.8, 4) is 11.5 Å². The van der Waals surface area contributed by atoms with Gasteiger partial charge in [0, 0.05) is 50.1 Å². The van der Waals surface area contributed by atoms with E-state index in [1.165, 1.54) is 22.3 Å². The van der Waals surface area contributed by atoms with E-state index in [0.717, 1.165) is 76.1 Å². The molecule has 204 valence electrons. The van der Waals surface area contributed by atoms with Crippen molar-refractivity contribution in [3.63, 3.8) is 0 Å². The van der Waals surface area contributed by atoms with Gasteiger partial charge >= 0.3 is 0 Å². The number of fused-ring (bicyclic) bond motifs is 3. The first kappa shape index (κ1) is 25.8. The minimum absolute atomic E-state index is 0.000615. The van der Waals surface area contributed by atoms with Gasteiger partial charge in [-0.2, -0.15) is 0 Å². The Bertz CT molecular complexity index is 1340. The fraction of sp³-hybridized carbons (Fsp3) is 0.424. The van der Waals surface area contributed by atoms with Crippen molar-refractivity contribution in [1.82, 2.24) is 14.7 Å². The zero-order valence-corrected chi connectivity index (χ0v) is 23.5. The van der Waals surface area contributed by atoms with Gasteiger partial charge in [0.1, 0.15) is 17.0 Å². The average molecular weight is 526 g/mol. The number of ether oxygens (including phenoxy) is 2. The number of carbonyl (C=O) groups is 1. The van der Waals surface area contributed by atoms with E-state index in [4.69, 9.17) is 9.47 Å². The number of amides is 1. The van der Waals surface area contributed by atoms with E-state index >= 15 is 0 Å². The molecular weight excluding hydrogens is 486 g/mol. The number of likely N-dealkylation sites (N-methyl/N-ethyl adjacent to an activating group) is 1. The summed E-state index contributed by atoms with van der Waals surface area (Å²) >= 11 is 0. The van der Waals surface area contributed by atoms with Crippen LogP contribution >= 0.6 is 0 Å². The second-order valence-electron chi connectivity index (χ2n) is 10.9. The van der Waals surface area contributed by atoms with Crippen LogP contribution in [-0.2, 0) is 0 Å². The van der Waals surface area contributed by atoms with Crippen LogP contribution in [-0.4, -0.2) is 79.6 Å². The molecule has 1 fully saturated rings. The Balaban J connectivity index is 1.42. The molecule has 6 nitrogen and oxygen atoms in total. The highest BCUT2D eigenvalue weighted by atomic mass is 16.5. The smallest absolute Gasteiger partial charge is 0.257 e. The summed E-state index contributed by atoms with van der Waals surface area (Å²) in [6.45, 7) is 11.3. The summed E-state index contributed by atoms with van der Waals surface area (Å²) in [4.78, 5) is 20.5. The molecule has 3 aliphatic carbocycles. The molecular formula is C33H39N3O3. The summed E-state index contributed by atoms with van der Waals surface area (Å²) in [5.41, 5.74) is 8.20. The van der Waals surface area contributed by atoms with Gasteiger partial charge in [-0.1, -0.05) is 37.3 Å². The van der Waals surface area contributed by atoms with E-state index in [1.54, 1.807) is 14.2 Å². The molecule has 1 saturated heterocycles. The molecule has 1 aromatic carbocycles. The molecule has 1 spiro atoms. The van der Waals surface area contributed by atoms with Crippen LogP contribution in [0.5, 0.6) is 11.5 Å². The van der Waals surface area contributed by atoms with Crippen molar-refractivity contribution in [3.05, 3.63) is 88.7 Å². The van der Waals surface area contributed by atoms with Crippen molar-refractivity contribution in [2.24, 2.45) is 0 Å². The highest BCUT2D eigenvalue weighted by Crippen LogP contribution is 2.64. The van der Waals surface area contributed by atoms with Gasteiger partial charge < -0.3 is 24.2 Å². The highest BCUT2D eigenvalue weighted by molar-refractivity contribution is 6.00. The third-order valence-electron chi connectivity index (χ3n) is 9.00. The summed E-state index contributed by atoms with van der Waals surface area (Å²) < 4.78 is 11.8. The van der Waals surface area contributed by atoms with E-state index < -0.39 is 0 Å². The number of benzene rings is 1.